The summed E-state index contributed by atoms with van der Waals surface area (Å²) in [5, 5.41) is 11.6. The first-order valence-electron chi connectivity index (χ1n) is 9.83. The fourth-order valence-electron chi connectivity index (χ4n) is 3.70. The van der Waals surface area contributed by atoms with E-state index in [1.807, 2.05) is 13.0 Å². The number of amides is 1. The molecule has 0 unspecified atom stereocenters. The fraction of sp³-hybridized carbons (Fsp3) is 0.182. The predicted molar refractivity (Wildman–Crippen MR) is 112 cm³/mol. The maximum Gasteiger partial charge on any atom is 0.267 e. The summed E-state index contributed by atoms with van der Waals surface area (Å²) in [5.74, 6) is 0.861. The summed E-state index contributed by atoms with van der Waals surface area (Å²) >= 11 is 0. The van der Waals surface area contributed by atoms with Gasteiger partial charge in [-0.2, -0.15) is 0 Å². The van der Waals surface area contributed by atoms with Crippen LogP contribution in [0.3, 0.4) is 0 Å². The van der Waals surface area contributed by atoms with Crippen LogP contribution in [0, 0.1) is 5.41 Å². The number of pyridine rings is 2. The zero-order chi connectivity index (χ0) is 21.5. The van der Waals surface area contributed by atoms with Gasteiger partial charge in [-0.1, -0.05) is 12.1 Å². The predicted octanol–water partition coefficient (Wildman–Crippen LogP) is 1.81. The van der Waals surface area contributed by atoms with Gasteiger partial charge < -0.3 is 19.4 Å². The molecule has 9 nitrogen and oxygen atoms in total. The average Bonchev–Trinajstić information content (AvgIpc) is 3.25. The van der Waals surface area contributed by atoms with Gasteiger partial charge >= 0.3 is 0 Å². The quantitative estimate of drug-likeness (QED) is 0.492. The second-order valence-electron chi connectivity index (χ2n) is 7.10. The third-order valence-corrected chi connectivity index (χ3v) is 5.27. The molecule has 5 rings (SSSR count). The van der Waals surface area contributed by atoms with Crippen molar-refractivity contribution in [2.75, 3.05) is 6.79 Å². The molecule has 0 saturated carbocycles. The highest BCUT2D eigenvalue weighted by Gasteiger charge is 2.18. The summed E-state index contributed by atoms with van der Waals surface area (Å²) in [7, 11) is 0. The molecule has 0 atom stereocenters. The number of ether oxygens (including phenoxy) is 2. The lowest BCUT2D eigenvalue weighted by atomic mass is 10.1. The fourth-order valence-corrected chi connectivity index (χ4v) is 3.70. The number of hydrogen-bond donors (Lipinski definition) is 2. The molecule has 1 aromatic carbocycles. The van der Waals surface area contributed by atoms with E-state index in [1.165, 1.54) is 10.5 Å². The smallest absolute Gasteiger partial charge is 0.267 e. The number of carbonyl (C=O) groups is 1. The summed E-state index contributed by atoms with van der Waals surface area (Å²) in [6.07, 6.45) is 1.63. The third-order valence-electron chi connectivity index (χ3n) is 5.27. The Hall–Kier alpha value is -4.14. The normalized spacial score (nSPS) is 12.4. The minimum absolute atomic E-state index is 0.00497. The van der Waals surface area contributed by atoms with Crippen molar-refractivity contribution >= 4 is 22.6 Å². The van der Waals surface area contributed by atoms with Crippen LogP contribution in [0.5, 0.6) is 11.5 Å². The molecule has 0 bridgehead atoms. The molecule has 1 amide bonds. The lowest BCUT2D eigenvalue weighted by molar-refractivity contribution is 0.0948. The molecular weight excluding hydrogens is 398 g/mol. The molecule has 1 aliphatic rings. The molecule has 4 aromatic rings. The Morgan fingerprint density at radius 1 is 1.19 bits per heavy atom. The number of aromatic nitrogens is 3. The maximum atomic E-state index is 13.0. The van der Waals surface area contributed by atoms with Gasteiger partial charge in [-0.05, 0) is 42.8 Å². The molecule has 0 saturated heterocycles. The molecule has 1 aliphatic heterocycles. The van der Waals surface area contributed by atoms with Crippen LogP contribution in [0.2, 0.25) is 0 Å². The first-order valence-corrected chi connectivity index (χ1v) is 9.83. The monoisotopic (exact) mass is 417 g/mol. The molecular formula is C22H19N5O4. The van der Waals surface area contributed by atoms with E-state index in [4.69, 9.17) is 14.9 Å². The first-order chi connectivity index (χ1) is 15.1. The number of aryl methyl sites for hydroxylation is 1. The average molecular weight is 417 g/mol. The topological polar surface area (TPSA) is 111 Å². The Balaban J connectivity index is 1.54. The van der Waals surface area contributed by atoms with Crippen molar-refractivity contribution < 1.29 is 14.3 Å². The van der Waals surface area contributed by atoms with Gasteiger partial charge in [0, 0.05) is 19.3 Å². The Morgan fingerprint density at radius 2 is 2.03 bits per heavy atom. The molecule has 0 spiro atoms. The first kappa shape index (κ1) is 18.9. The van der Waals surface area contributed by atoms with Crippen LogP contribution < -0.4 is 25.8 Å². The lowest BCUT2D eigenvalue weighted by Gasteiger charge is -2.13. The van der Waals surface area contributed by atoms with Crippen molar-refractivity contribution in [3.8, 4) is 11.5 Å². The highest BCUT2D eigenvalue weighted by atomic mass is 16.7. The van der Waals surface area contributed by atoms with E-state index in [9.17, 15) is 9.59 Å². The van der Waals surface area contributed by atoms with Gasteiger partial charge in [0.25, 0.3) is 11.5 Å². The Labute approximate surface area is 176 Å². The summed E-state index contributed by atoms with van der Waals surface area (Å²) in [6, 6.07) is 12.2. The number of carbonyl (C=O) groups excluding carboxylic acids is 1. The number of hydrogen-bond acceptors (Lipinski definition) is 6. The van der Waals surface area contributed by atoms with E-state index in [0.717, 1.165) is 5.56 Å². The van der Waals surface area contributed by atoms with Crippen LogP contribution >= 0.6 is 0 Å². The second-order valence-corrected chi connectivity index (χ2v) is 7.10. The molecule has 0 radical (unpaired) electrons. The van der Waals surface area contributed by atoms with Gasteiger partial charge in [0.05, 0.1) is 10.9 Å². The van der Waals surface area contributed by atoms with Gasteiger partial charge in [0.2, 0.25) is 6.79 Å². The molecule has 4 heterocycles. The van der Waals surface area contributed by atoms with Gasteiger partial charge in [-0.3, -0.25) is 19.4 Å². The van der Waals surface area contributed by atoms with E-state index < -0.39 is 5.91 Å². The zero-order valence-electron chi connectivity index (χ0n) is 16.7. The third kappa shape index (κ3) is 3.10. The maximum absolute atomic E-state index is 13.0. The standard InChI is InChI=1S/C22H19N5O4/c1-2-26-19(23)14(10-15-20(26)25-18-5-3-4-8-27(18)22(15)29)21(28)24-11-13-6-7-16-17(9-13)31-12-30-16/h3-10,23H,2,11-12H2,1H3,(H,24,28). The highest BCUT2D eigenvalue weighted by molar-refractivity contribution is 5.96. The molecule has 0 fully saturated rings. The van der Waals surface area contributed by atoms with E-state index in [-0.39, 0.29) is 35.3 Å². The van der Waals surface area contributed by atoms with E-state index >= 15 is 0 Å². The number of rotatable bonds is 4. The van der Waals surface area contributed by atoms with Gasteiger partial charge in [0.1, 0.15) is 16.8 Å². The van der Waals surface area contributed by atoms with E-state index in [1.54, 1.807) is 41.1 Å². The van der Waals surface area contributed by atoms with E-state index in [0.29, 0.717) is 29.3 Å². The summed E-state index contributed by atoms with van der Waals surface area (Å²) in [5.41, 5.74) is 1.54. The van der Waals surface area contributed by atoms with Crippen LogP contribution in [0.4, 0.5) is 0 Å². The Kier molecular flexibility index (Phi) is 4.43. The van der Waals surface area contributed by atoms with Crippen molar-refractivity contribution in [1.82, 2.24) is 19.3 Å². The Bertz CT molecular complexity index is 1470. The lowest BCUT2D eigenvalue weighted by Crippen LogP contribution is -2.34. The van der Waals surface area contributed by atoms with Crippen molar-refractivity contribution in [1.29, 1.82) is 5.41 Å². The molecule has 9 heteroatoms. The summed E-state index contributed by atoms with van der Waals surface area (Å²) in [4.78, 5) is 30.5. The summed E-state index contributed by atoms with van der Waals surface area (Å²) in [6.45, 7) is 2.67. The molecule has 2 N–H and O–H groups in total. The van der Waals surface area contributed by atoms with Crippen molar-refractivity contribution in [3.05, 3.63) is 75.6 Å². The van der Waals surface area contributed by atoms with Crippen LogP contribution in [0.25, 0.3) is 16.7 Å². The minimum atomic E-state index is -0.440. The largest absolute Gasteiger partial charge is 0.454 e. The molecule has 156 valence electrons. The molecule has 3 aromatic heterocycles. The van der Waals surface area contributed by atoms with Crippen LogP contribution in [0.1, 0.15) is 22.8 Å². The van der Waals surface area contributed by atoms with E-state index in [2.05, 4.69) is 10.3 Å². The van der Waals surface area contributed by atoms with Crippen molar-refractivity contribution in [2.24, 2.45) is 0 Å². The minimum Gasteiger partial charge on any atom is -0.454 e. The number of benzene rings is 1. The van der Waals surface area contributed by atoms with Gasteiger partial charge in [0.15, 0.2) is 11.5 Å². The molecule has 0 aliphatic carbocycles. The van der Waals surface area contributed by atoms with Crippen LogP contribution in [0.15, 0.2) is 53.5 Å². The Morgan fingerprint density at radius 3 is 2.87 bits per heavy atom. The van der Waals surface area contributed by atoms with Crippen molar-refractivity contribution in [3.63, 3.8) is 0 Å². The number of nitrogens with zero attached hydrogens (tertiary/aromatic N) is 3. The molecule has 31 heavy (non-hydrogen) atoms. The zero-order valence-corrected chi connectivity index (χ0v) is 16.7. The highest BCUT2D eigenvalue weighted by Crippen LogP contribution is 2.32. The van der Waals surface area contributed by atoms with Crippen LogP contribution in [-0.4, -0.2) is 26.7 Å². The van der Waals surface area contributed by atoms with Crippen molar-refractivity contribution in [2.45, 2.75) is 20.0 Å². The number of nitrogens with one attached hydrogen (secondary N) is 2. The van der Waals surface area contributed by atoms with Gasteiger partial charge in [-0.15, -0.1) is 0 Å². The second kappa shape index (κ2) is 7.28. The number of fused-ring (bicyclic) bond motifs is 3. The summed E-state index contributed by atoms with van der Waals surface area (Å²) < 4.78 is 13.7. The van der Waals surface area contributed by atoms with Gasteiger partial charge in [-0.25, -0.2) is 4.98 Å². The SMILES string of the molecule is CCn1c(=N)c(C(=O)NCc2ccc3c(c2)OCO3)cc2c(=O)n3ccccc3nc21. The van der Waals surface area contributed by atoms with Crippen LogP contribution in [-0.2, 0) is 13.1 Å².